The van der Waals surface area contributed by atoms with Crippen LogP contribution in [0, 0.1) is 6.92 Å². The number of sulfonamides is 1. The number of anilines is 1. The lowest BCUT2D eigenvalue weighted by atomic mass is 10.2. The molecule has 1 amide bonds. The van der Waals surface area contributed by atoms with Gasteiger partial charge in [0.05, 0.1) is 0 Å². The van der Waals surface area contributed by atoms with Gasteiger partial charge >= 0.3 is 0 Å². The molecular formula is C17H18N4O4S2. The van der Waals surface area contributed by atoms with Crippen LogP contribution >= 0.6 is 11.3 Å². The monoisotopic (exact) mass is 406 g/mol. The highest BCUT2D eigenvalue weighted by Gasteiger charge is 2.16. The van der Waals surface area contributed by atoms with Crippen molar-refractivity contribution in [1.82, 2.24) is 15.5 Å². The lowest BCUT2D eigenvalue weighted by Crippen LogP contribution is -2.25. The fourth-order valence-electron chi connectivity index (χ4n) is 2.33. The molecule has 10 heteroatoms. The fraction of sp³-hybridized carbons (Fsp3) is 0.235. The second-order valence-corrected chi connectivity index (χ2v) is 8.57. The van der Waals surface area contributed by atoms with Crippen molar-refractivity contribution >= 4 is 33.0 Å². The Bertz CT molecular complexity index is 1010. The van der Waals surface area contributed by atoms with Gasteiger partial charge in [-0.1, -0.05) is 17.3 Å². The Hall–Kier alpha value is -2.72. The van der Waals surface area contributed by atoms with Crippen molar-refractivity contribution in [3.63, 3.8) is 0 Å². The van der Waals surface area contributed by atoms with Crippen molar-refractivity contribution < 1.29 is 17.7 Å². The first-order valence-electron chi connectivity index (χ1n) is 8.18. The zero-order valence-electron chi connectivity index (χ0n) is 14.5. The van der Waals surface area contributed by atoms with Crippen LogP contribution in [0.3, 0.4) is 0 Å². The number of aryl methyl sites for hydroxylation is 2. The third kappa shape index (κ3) is 5.14. The van der Waals surface area contributed by atoms with E-state index in [2.05, 4.69) is 20.2 Å². The molecule has 2 heterocycles. The number of carbonyl (C=O) groups excluding carboxylic acids is 1. The van der Waals surface area contributed by atoms with Crippen LogP contribution in [0.25, 0.3) is 0 Å². The summed E-state index contributed by atoms with van der Waals surface area (Å²) in [5.74, 6) is 0.830. The molecule has 142 valence electrons. The molecule has 0 aliphatic rings. The summed E-state index contributed by atoms with van der Waals surface area (Å²) in [7, 11) is -3.65. The number of nitrogens with zero attached hydrogens (tertiary/aromatic N) is 2. The summed E-state index contributed by atoms with van der Waals surface area (Å²) < 4.78 is 32.2. The molecule has 1 aromatic carbocycles. The standard InChI is InChI=1S/C17H18N4O4S2/c1-12-19-15(25-20-12)7-3-9-18-17(22)13-5-2-6-14(11-13)21-27(23,24)16-8-4-10-26-16/h2,4-6,8,10-11,21H,3,7,9H2,1H3,(H,18,22). The molecule has 0 unspecified atom stereocenters. The number of aromatic nitrogens is 2. The van der Waals surface area contributed by atoms with E-state index in [1.54, 1.807) is 36.6 Å². The van der Waals surface area contributed by atoms with Gasteiger partial charge in [0.25, 0.3) is 15.9 Å². The molecule has 2 N–H and O–H groups in total. The molecule has 0 saturated heterocycles. The average molecular weight is 406 g/mol. The molecule has 0 bridgehead atoms. The summed E-state index contributed by atoms with van der Waals surface area (Å²) in [4.78, 5) is 16.4. The van der Waals surface area contributed by atoms with Gasteiger partial charge < -0.3 is 9.84 Å². The lowest BCUT2D eigenvalue weighted by Gasteiger charge is -2.09. The van der Waals surface area contributed by atoms with Gasteiger partial charge in [0.1, 0.15) is 4.21 Å². The van der Waals surface area contributed by atoms with E-state index in [1.165, 1.54) is 12.1 Å². The Balaban J connectivity index is 1.55. The maximum atomic E-state index is 12.3. The van der Waals surface area contributed by atoms with E-state index in [0.29, 0.717) is 42.4 Å². The highest BCUT2D eigenvalue weighted by Crippen LogP contribution is 2.20. The van der Waals surface area contributed by atoms with Crippen LogP contribution in [-0.4, -0.2) is 31.0 Å². The summed E-state index contributed by atoms with van der Waals surface area (Å²) in [5, 5.41) is 8.18. The van der Waals surface area contributed by atoms with Crippen LogP contribution in [0.1, 0.15) is 28.5 Å². The molecule has 0 saturated carbocycles. The van der Waals surface area contributed by atoms with Gasteiger partial charge in [-0.3, -0.25) is 9.52 Å². The first-order valence-corrected chi connectivity index (χ1v) is 10.5. The number of carbonyl (C=O) groups is 1. The molecule has 3 aromatic rings. The Morgan fingerprint density at radius 1 is 1.26 bits per heavy atom. The Morgan fingerprint density at radius 2 is 2.11 bits per heavy atom. The second-order valence-electron chi connectivity index (χ2n) is 5.71. The average Bonchev–Trinajstić information content (AvgIpc) is 3.30. The summed E-state index contributed by atoms with van der Waals surface area (Å²) in [5.41, 5.74) is 0.701. The SMILES string of the molecule is Cc1noc(CCCNC(=O)c2cccc(NS(=O)(=O)c3cccs3)c2)n1. The smallest absolute Gasteiger partial charge is 0.271 e. The van der Waals surface area contributed by atoms with Crippen LogP contribution in [0.5, 0.6) is 0 Å². The van der Waals surface area contributed by atoms with Crippen molar-refractivity contribution in [3.8, 4) is 0 Å². The number of thiophene rings is 1. The molecule has 0 atom stereocenters. The fourth-order valence-corrected chi connectivity index (χ4v) is 4.37. The quantitative estimate of drug-likeness (QED) is 0.556. The third-order valence-electron chi connectivity index (χ3n) is 3.56. The van der Waals surface area contributed by atoms with E-state index in [-0.39, 0.29) is 10.1 Å². The van der Waals surface area contributed by atoms with Gasteiger partial charge in [0, 0.05) is 24.2 Å². The molecule has 0 spiro atoms. The van der Waals surface area contributed by atoms with Crippen LogP contribution in [0.15, 0.2) is 50.5 Å². The summed E-state index contributed by atoms with van der Waals surface area (Å²) in [6.07, 6.45) is 1.22. The molecule has 0 aliphatic heterocycles. The van der Waals surface area contributed by atoms with E-state index in [9.17, 15) is 13.2 Å². The summed E-state index contributed by atoms with van der Waals surface area (Å²) in [6, 6.07) is 9.54. The number of nitrogens with one attached hydrogen (secondary N) is 2. The minimum atomic E-state index is -3.65. The third-order valence-corrected chi connectivity index (χ3v) is 6.34. The van der Waals surface area contributed by atoms with Crippen molar-refractivity contribution in [2.24, 2.45) is 0 Å². The predicted molar refractivity (Wildman–Crippen MR) is 101 cm³/mol. The van der Waals surface area contributed by atoms with Gasteiger partial charge in [0.2, 0.25) is 5.89 Å². The molecule has 0 aliphatic carbocycles. The summed E-state index contributed by atoms with van der Waals surface area (Å²) in [6.45, 7) is 2.18. The minimum Gasteiger partial charge on any atom is -0.352 e. The normalized spacial score (nSPS) is 11.3. The zero-order valence-corrected chi connectivity index (χ0v) is 16.1. The predicted octanol–water partition coefficient (Wildman–Crippen LogP) is 2.60. The van der Waals surface area contributed by atoms with Crippen LogP contribution in [-0.2, 0) is 16.4 Å². The van der Waals surface area contributed by atoms with Gasteiger partial charge in [-0.2, -0.15) is 4.98 Å². The molecule has 2 aromatic heterocycles. The first kappa shape index (κ1) is 19.1. The van der Waals surface area contributed by atoms with Crippen molar-refractivity contribution in [2.45, 2.75) is 24.0 Å². The molecule has 0 radical (unpaired) electrons. The summed E-state index contributed by atoms with van der Waals surface area (Å²) >= 11 is 1.13. The number of hydrogen-bond acceptors (Lipinski definition) is 7. The highest BCUT2D eigenvalue weighted by molar-refractivity contribution is 7.94. The van der Waals surface area contributed by atoms with E-state index < -0.39 is 10.0 Å². The van der Waals surface area contributed by atoms with E-state index in [1.807, 2.05) is 0 Å². The van der Waals surface area contributed by atoms with E-state index in [4.69, 9.17) is 4.52 Å². The van der Waals surface area contributed by atoms with Gasteiger partial charge in [-0.15, -0.1) is 11.3 Å². The minimum absolute atomic E-state index is 0.216. The molecular weight excluding hydrogens is 388 g/mol. The largest absolute Gasteiger partial charge is 0.352 e. The number of amides is 1. The van der Waals surface area contributed by atoms with Crippen LogP contribution in [0.2, 0.25) is 0 Å². The zero-order chi connectivity index (χ0) is 19.3. The van der Waals surface area contributed by atoms with Gasteiger partial charge in [-0.05, 0) is 43.0 Å². The molecule has 8 nitrogen and oxygen atoms in total. The first-order chi connectivity index (χ1) is 12.9. The maximum absolute atomic E-state index is 12.3. The van der Waals surface area contributed by atoms with Crippen molar-refractivity contribution in [1.29, 1.82) is 0 Å². The molecule has 3 rings (SSSR count). The topological polar surface area (TPSA) is 114 Å². The maximum Gasteiger partial charge on any atom is 0.271 e. The van der Waals surface area contributed by atoms with Crippen LogP contribution < -0.4 is 10.0 Å². The number of hydrogen-bond donors (Lipinski definition) is 2. The lowest BCUT2D eigenvalue weighted by molar-refractivity contribution is 0.0953. The van der Waals surface area contributed by atoms with E-state index in [0.717, 1.165) is 11.3 Å². The molecule has 27 heavy (non-hydrogen) atoms. The molecule has 0 fully saturated rings. The number of benzene rings is 1. The Labute approximate surface area is 160 Å². The van der Waals surface area contributed by atoms with E-state index >= 15 is 0 Å². The van der Waals surface area contributed by atoms with Gasteiger partial charge in [-0.25, -0.2) is 8.42 Å². The number of rotatable bonds is 8. The van der Waals surface area contributed by atoms with Crippen molar-refractivity contribution in [3.05, 3.63) is 59.1 Å². The van der Waals surface area contributed by atoms with Crippen LogP contribution in [0.4, 0.5) is 5.69 Å². The van der Waals surface area contributed by atoms with Crippen molar-refractivity contribution in [2.75, 3.05) is 11.3 Å². The van der Waals surface area contributed by atoms with Gasteiger partial charge in [0.15, 0.2) is 5.82 Å². The Kier molecular flexibility index (Phi) is 5.87. The Morgan fingerprint density at radius 3 is 2.81 bits per heavy atom. The second kappa shape index (κ2) is 8.31. The highest BCUT2D eigenvalue weighted by atomic mass is 32.2.